The van der Waals surface area contributed by atoms with Gasteiger partial charge in [0.2, 0.25) is 0 Å². The lowest BCUT2D eigenvalue weighted by molar-refractivity contribution is -0.112. The van der Waals surface area contributed by atoms with Crippen molar-refractivity contribution in [3.63, 3.8) is 0 Å². The van der Waals surface area contributed by atoms with Crippen LogP contribution in [0.5, 0.6) is 11.5 Å². The third-order valence-electron chi connectivity index (χ3n) is 3.46. The van der Waals surface area contributed by atoms with Gasteiger partial charge in [0.05, 0.1) is 12.8 Å². The number of anilines is 1. The lowest BCUT2D eigenvalue weighted by Crippen LogP contribution is -2.18. The quantitative estimate of drug-likeness (QED) is 0.312. The summed E-state index contributed by atoms with van der Waals surface area (Å²) >= 11 is 0. The van der Waals surface area contributed by atoms with Crippen LogP contribution in [-0.2, 0) is 11.2 Å². The lowest BCUT2D eigenvalue weighted by Gasteiger charge is -2.07. The van der Waals surface area contributed by atoms with E-state index in [-0.39, 0.29) is 17.0 Å². The number of para-hydroxylation sites is 2. The van der Waals surface area contributed by atoms with Crippen molar-refractivity contribution < 1.29 is 14.6 Å². The Morgan fingerprint density at radius 2 is 2.08 bits per heavy atom. The van der Waals surface area contributed by atoms with Crippen molar-refractivity contribution in [3.8, 4) is 17.6 Å². The summed E-state index contributed by atoms with van der Waals surface area (Å²) in [6.07, 6.45) is 2.09. The maximum atomic E-state index is 12.1. The van der Waals surface area contributed by atoms with Crippen LogP contribution in [0.25, 0.3) is 0 Å². The van der Waals surface area contributed by atoms with Gasteiger partial charge in [-0.2, -0.15) is 5.26 Å². The van der Waals surface area contributed by atoms with E-state index in [0.717, 1.165) is 11.3 Å². The Hall–Kier alpha value is -3.46. The third-order valence-corrected chi connectivity index (χ3v) is 3.46. The second kappa shape index (κ2) is 8.99. The summed E-state index contributed by atoms with van der Waals surface area (Å²) in [4.78, 5) is 12.1. The number of hydrogen-bond donors (Lipinski definition) is 3. The van der Waals surface area contributed by atoms with E-state index in [1.807, 2.05) is 30.3 Å². The van der Waals surface area contributed by atoms with E-state index in [1.165, 1.54) is 12.3 Å². The minimum Gasteiger partial charge on any atom is -0.506 e. The van der Waals surface area contributed by atoms with Crippen molar-refractivity contribution in [2.24, 2.45) is 0 Å². The zero-order chi connectivity index (χ0) is 18.1. The number of nitriles is 1. The SMILES string of the molecule is COc1cccc(CCN/C=C(/C#N)C(=O)Nc2ccccc2O)c1. The number of aromatic hydroxyl groups is 1. The highest BCUT2D eigenvalue weighted by atomic mass is 16.5. The molecule has 0 aliphatic carbocycles. The summed E-state index contributed by atoms with van der Waals surface area (Å²) in [6.45, 7) is 0.558. The molecule has 0 bridgehead atoms. The molecule has 0 saturated heterocycles. The number of phenolic OH excluding ortho intramolecular Hbond substituents is 1. The number of benzene rings is 2. The molecule has 2 rings (SSSR count). The molecule has 0 atom stereocenters. The first kappa shape index (κ1) is 17.9. The van der Waals surface area contributed by atoms with Crippen LogP contribution in [0.4, 0.5) is 5.69 Å². The number of phenols is 1. The summed E-state index contributed by atoms with van der Waals surface area (Å²) in [5.74, 6) is 0.143. The van der Waals surface area contributed by atoms with Crippen LogP contribution in [0.15, 0.2) is 60.3 Å². The van der Waals surface area contributed by atoms with Gasteiger partial charge in [0.25, 0.3) is 5.91 Å². The number of hydrogen-bond acceptors (Lipinski definition) is 5. The smallest absolute Gasteiger partial charge is 0.267 e. The largest absolute Gasteiger partial charge is 0.506 e. The molecule has 1 amide bonds. The Bertz CT molecular complexity index is 810. The third kappa shape index (κ3) is 5.29. The first-order valence-electron chi connectivity index (χ1n) is 7.70. The molecule has 2 aromatic rings. The predicted molar refractivity (Wildman–Crippen MR) is 95.1 cm³/mol. The van der Waals surface area contributed by atoms with Gasteiger partial charge in [-0.05, 0) is 36.2 Å². The summed E-state index contributed by atoms with van der Waals surface area (Å²) in [5.41, 5.74) is 1.26. The molecule has 0 radical (unpaired) electrons. The maximum absolute atomic E-state index is 12.1. The van der Waals surface area contributed by atoms with Crippen LogP contribution in [0, 0.1) is 11.3 Å². The molecular weight excluding hydrogens is 318 g/mol. The average Bonchev–Trinajstić information content (AvgIpc) is 2.63. The number of ether oxygens (including phenoxy) is 1. The molecule has 0 spiro atoms. The van der Waals surface area contributed by atoms with E-state index in [9.17, 15) is 9.90 Å². The van der Waals surface area contributed by atoms with Gasteiger partial charge in [0.1, 0.15) is 23.1 Å². The number of carbonyl (C=O) groups is 1. The normalized spacial score (nSPS) is 10.6. The van der Waals surface area contributed by atoms with Crippen LogP contribution in [0.3, 0.4) is 0 Å². The van der Waals surface area contributed by atoms with Gasteiger partial charge in [-0.15, -0.1) is 0 Å². The fraction of sp³-hybridized carbons (Fsp3) is 0.158. The van der Waals surface area contributed by atoms with E-state index >= 15 is 0 Å². The van der Waals surface area contributed by atoms with E-state index in [4.69, 9.17) is 10.00 Å². The summed E-state index contributed by atoms with van der Waals surface area (Å²) in [7, 11) is 1.61. The minimum absolute atomic E-state index is 0.0564. The van der Waals surface area contributed by atoms with Crippen molar-refractivity contribution in [2.75, 3.05) is 19.0 Å². The Morgan fingerprint density at radius 3 is 2.80 bits per heavy atom. The molecule has 0 saturated carbocycles. The van der Waals surface area contributed by atoms with Crippen molar-refractivity contribution in [1.29, 1.82) is 5.26 Å². The van der Waals surface area contributed by atoms with Crippen LogP contribution < -0.4 is 15.4 Å². The van der Waals surface area contributed by atoms with Gasteiger partial charge in [0, 0.05) is 12.7 Å². The molecule has 128 valence electrons. The Labute approximate surface area is 146 Å². The highest BCUT2D eigenvalue weighted by Crippen LogP contribution is 2.21. The monoisotopic (exact) mass is 337 g/mol. The topological polar surface area (TPSA) is 94.4 Å². The first-order chi connectivity index (χ1) is 12.1. The van der Waals surface area contributed by atoms with Gasteiger partial charge in [-0.3, -0.25) is 4.79 Å². The van der Waals surface area contributed by atoms with Crippen LogP contribution in [-0.4, -0.2) is 24.7 Å². The van der Waals surface area contributed by atoms with Gasteiger partial charge in [-0.25, -0.2) is 0 Å². The molecule has 0 fully saturated rings. The van der Waals surface area contributed by atoms with Crippen molar-refractivity contribution in [2.45, 2.75) is 6.42 Å². The molecule has 0 aliphatic rings. The van der Waals surface area contributed by atoms with Gasteiger partial charge < -0.3 is 20.5 Å². The first-order valence-corrected chi connectivity index (χ1v) is 7.70. The summed E-state index contributed by atoms with van der Waals surface area (Å²) < 4.78 is 5.17. The van der Waals surface area contributed by atoms with Crippen LogP contribution in [0.2, 0.25) is 0 Å². The lowest BCUT2D eigenvalue weighted by atomic mass is 10.1. The molecule has 3 N–H and O–H groups in total. The van der Waals surface area contributed by atoms with Crippen molar-refractivity contribution in [1.82, 2.24) is 5.32 Å². The number of carbonyl (C=O) groups excluding carboxylic acids is 1. The Morgan fingerprint density at radius 1 is 1.28 bits per heavy atom. The number of methoxy groups -OCH3 is 1. The fourth-order valence-corrected chi connectivity index (χ4v) is 2.14. The van der Waals surface area contributed by atoms with Crippen molar-refractivity contribution in [3.05, 3.63) is 65.9 Å². The number of amides is 1. The zero-order valence-electron chi connectivity index (χ0n) is 13.8. The predicted octanol–water partition coefficient (Wildman–Crippen LogP) is 2.58. The van der Waals surface area contributed by atoms with Crippen LogP contribution >= 0.6 is 0 Å². The van der Waals surface area contributed by atoms with E-state index in [1.54, 1.807) is 25.3 Å². The van der Waals surface area contributed by atoms with Gasteiger partial charge >= 0.3 is 0 Å². The Balaban J connectivity index is 1.90. The minimum atomic E-state index is -0.585. The highest BCUT2D eigenvalue weighted by molar-refractivity contribution is 6.07. The van der Waals surface area contributed by atoms with Crippen molar-refractivity contribution >= 4 is 11.6 Å². The van der Waals surface area contributed by atoms with E-state index in [0.29, 0.717) is 13.0 Å². The molecule has 25 heavy (non-hydrogen) atoms. The molecule has 6 heteroatoms. The number of nitrogens with one attached hydrogen (secondary N) is 2. The molecule has 0 unspecified atom stereocenters. The molecular formula is C19H19N3O3. The maximum Gasteiger partial charge on any atom is 0.267 e. The van der Waals surface area contributed by atoms with E-state index in [2.05, 4.69) is 10.6 Å². The standard InChI is InChI=1S/C19H19N3O3/c1-25-16-6-4-5-14(11-16)9-10-21-13-15(12-20)19(24)22-17-7-2-3-8-18(17)23/h2-8,11,13,21,23H,9-10H2,1H3,(H,22,24)/b15-13-. The second-order valence-electron chi connectivity index (χ2n) is 5.20. The van der Waals surface area contributed by atoms with Gasteiger partial charge in [0.15, 0.2) is 0 Å². The second-order valence-corrected chi connectivity index (χ2v) is 5.20. The average molecular weight is 337 g/mol. The highest BCUT2D eigenvalue weighted by Gasteiger charge is 2.11. The fourth-order valence-electron chi connectivity index (χ4n) is 2.14. The molecule has 0 heterocycles. The molecule has 0 aromatic heterocycles. The summed E-state index contributed by atoms with van der Waals surface area (Å²) in [6, 6.07) is 15.9. The number of rotatable bonds is 7. The summed E-state index contributed by atoms with van der Waals surface area (Å²) in [5, 5.41) is 24.2. The molecule has 6 nitrogen and oxygen atoms in total. The molecule has 0 aliphatic heterocycles. The molecule has 2 aromatic carbocycles. The van der Waals surface area contributed by atoms with Gasteiger partial charge in [-0.1, -0.05) is 24.3 Å². The Kier molecular flexibility index (Phi) is 6.43. The van der Waals surface area contributed by atoms with E-state index < -0.39 is 5.91 Å². The number of nitrogens with zero attached hydrogens (tertiary/aromatic N) is 1. The zero-order valence-corrected chi connectivity index (χ0v) is 13.8. The van der Waals surface area contributed by atoms with Crippen LogP contribution in [0.1, 0.15) is 5.56 Å².